The number of rotatable bonds is 5. The Balaban J connectivity index is 1.43. The van der Waals surface area contributed by atoms with E-state index in [0.717, 1.165) is 24.2 Å². The van der Waals surface area contributed by atoms with Crippen molar-refractivity contribution < 1.29 is 24.9 Å². The molecule has 0 bridgehead atoms. The summed E-state index contributed by atoms with van der Waals surface area (Å²) < 4.78 is 6.07. The number of benzene rings is 1. The van der Waals surface area contributed by atoms with Crippen LogP contribution in [0.25, 0.3) is 6.08 Å². The topological polar surface area (TPSA) is 87.0 Å². The Bertz CT molecular complexity index is 792. The second kappa shape index (κ2) is 8.72. The van der Waals surface area contributed by atoms with Crippen molar-refractivity contribution >= 4 is 12.0 Å². The molecule has 2 aliphatic carbocycles. The van der Waals surface area contributed by atoms with E-state index in [2.05, 4.69) is 0 Å². The van der Waals surface area contributed by atoms with E-state index >= 15 is 0 Å². The van der Waals surface area contributed by atoms with Crippen molar-refractivity contribution in [2.45, 2.75) is 63.3 Å². The third-order valence-corrected chi connectivity index (χ3v) is 6.75. The van der Waals surface area contributed by atoms with Crippen molar-refractivity contribution in [2.75, 3.05) is 0 Å². The summed E-state index contributed by atoms with van der Waals surface area (Å²) in [7, 11) is 0. The van der Waals surface area contributed by atoms with Gasteiger partial charge in [0.25, 0.3) is 0 Å². The summed E-state index contributed by atoms with van der Waals surface area (Å²) in [6.45, 7) is 0. The summed E-state index contributed by atoms with van der Waals surface area (Å²) in [6, 6.07) is 6.81. The number of aliphatic hydroxyl groups excluding tert-OH is 2. The molecule has 0 unspecified atom stereocenters. The van der Waals surface area contributed by atoms with Crippen molar-refractivity contribution in [2.24, 2.45) is 17.8 Å². The number of hydrogen-bond acceptors (Lipinski definition) is 4. The van der Waals surface area contributed by atoms with Gasteiger partial charge in [-0.1, -0.05) is 43.5 Å². The van der Waals surface area contributed by atoms with Gasteiger partial charge in [0.2, 0.25) is 0 Å². The largest absolute Gasteiger partial charge is 0.494 e. The highest BCUT2D eigenvalue weighted by Crippen LogP contribution is 2.46. The van der Waals surface area contributed by atoms with E-state index in [9.17, 15) is 15.0 Å². The van der Waals surface area contributed by atoms with Gasteiger partial charge in [-0.05, 0) is 42.5 Å². The number of aliphatic hydroxyl groups is 2. The molecule has 5 nitrogen and oxygen atoms in total. The molecule has 4 rings (SSSR count). The van der Waals surface area contributed by atoms with Gasteiger partial charge in [0, 0.05) is 24.7 Å². The molecule has 29 heavy (non-hydrogen) atoms. The summed E-state index contributed by atoms with van der Waals surface area (Å²) in [4.78, 5) is 11.2. The lowest BCUT2D eigenvalue weighted by Gasteiger charge is -2.25. The quantitative estimate of drug-likeness (QED) is 0.653. The van der Waals surface area contributed by atoms with Crippen LogP contribution in [0.1, 0.15) is 60.9 Å². The lowest BCUT2D eigenvalue weighted by molar-refractivity contribution is 0.0696. The molecule has 3 aliphatic rings. The van der Waals surface area contributed by atoms with E-state index in [4.69, 9.17) is 9.84 Å². The number of ether oxygens (including phenoxy) is 1. The zero-order valence-electron chi connectivity index (χ0n) is 16.6. The van der Waals surface area contributed by atoms with Gasteiger partial charge in [-0.3, -0.25) is 0 Å². The van der Waals surface area contributed by atoms with Crippen LogP contribution in [-0.4, -0.2) is 39.6 Å². The van der Waals surface area contributed by atoms with Crippen LogP contribution in [0.4, 0.5) is 0 Å². The van der Waals surface area contributed by atoms with Gasteiger partial charge in [-0.15, -0.1) is 0 Å². The maximum Gasteiger partial charge on any atom is 0.335 e. The van der Waals surface area contributed by atoms with E-state index < -0.39 is 18.2 Å². The van der Waals surface area contributed by atoms with Gasteiger partial charge in [0.05, 0.1) is 23.5 Å². The summed E-state index contributed by atoms with van der Waals surface area (Å²) in [6.07, 6.45) is 12.0. The van der Waals surface area contributed by atoms with Crippen LogP contribution in [0, 0.1) is 17.8 Å². The number of fused-ring (bicyclic) bond motifs is 1. The smallest absolute Gasteiger partial charge is 0.335 e. The second-order valence-electron chi connectivity index (χ2n) is 8.72. The minimum Gasteiger partial charge on any atom is -0.494 e. The molecule has 2 saturated carbocycles. The summed E-state index contributed by atoms with van der Waals surface area (Å²) in [5, 5.41) is 30.2. The molecule has 1 aromatic carbocycles. The molecule has 5 heteroatoms. The standard InChI is InChI=1S/C24H30O5/c25-21(16-6-2-1-3-7-16)10-9-19-20-13-18(29-23(20)14-22(19)26)12-15-5-4-8-17(11-15)24(27)28/h4-5,8-12,16,19-23,25-26H,1-3,6-7,13-14H2,(H,27,28)/b10-9?,18-12-/t19-,20-,21-,22-,23+/m1/s1. The van der Waals surface area contributed by atoms with Crippen molar-refractivity contribution in [3.05, 3.63) is 53.3 Å². The van der Waals surface area contributed by atoms with E-state index in [0.29, 0.717) is 18.8 Å². The number of carboxylic acid groups (broad SMARTS) is 1. The van der Waals surface area contributed by atoms with E-state index in [1.807, 2.05) is 24.3 Å². The van der Waals surface area contributed by atoms with Crippen LogP contribution in [0.2, 0.25) is 0 Å². The molecule has 156 valence electrons. The molecule has 0 spiro atoms. The van der Waals surface area contributed by atoms with Crippen molar-refractivity contribution in [3.8, 4) is 0 Å². The van der Waals surface area contributed by atoms with Crippen LogP contribution in [0.15, 0.2) is 42.2 Å². The Labute approximate surface area is 171 Å². The van der Waals surface area contributed by atoms with Gasteiger partial charge < -0.3 is 20.1 Å². The number of carbonyl (C=O) groups is 1. The first-order valence-corrected chi connectivity index (χ1v) is 10.8. The highest BCUT2D eigenvalue weighted by molar-refractivity contribution is 5.88. The third kappa shape index (κ3) is 4.57. The fourth-order valence-electron chi connectivity index (χ4n) is 5.17. The minimum atomic E-state index is -0.945. The Hall–Kier alpha value is -2.11. The molecule has 1 heterocycles. The second-order valence-corrected chi connectivity index (χ2v) is 8.72. The molecular weight excluding hydrogens is 368 g/mol. The van der Waals surface area contributed by atoms with E-state index in [-0.39, 0.29) is 23.5 Å². The molecule has 0 radical (unpaired) electrons. The van der Waals surface area contributed by atoms with Crippen LogP contribution < -0.4 is 0 Å². The molecule has 0 amide bonds. The van der Waals surface area contributed by atoms with Gasteiger partial charge in [0.1, 0.15) is 6.10 Å². The molecule has 3 N–H and O–H groups in total. The van der Waals surface area contributed by atoms with E-state index in [1.54, 1.807) is 18.2 Å². The first-order chi connectivity index (χ1) is 14.0. The first-order valence-electron chi connectivity index (χ1n) is 10.8. The normalized spacial score (nSPS) is 32.4. The van der Waals surface area contributed by atoms with Gasteiger partial charge in [-0.2, -0.15) is 0 Å². The number of allylic oxidation sites excluding steroid dienone is 1. The van der Waals surface area contributed by atoms with Gasteiger partial charge in [0.15, 0.2) is 0 Å². The van der Waals surface area contributed by atoms with Crippen molar-refractivity contribution in [1.29, 1.82) is 0 Å². The lowest BCUT2D eigenvalue weighted by Crippen LogP contribution is -2.22. The highest BCUT2D eigenvalue weighted by atomic mass is 16.5. The lowest BCUT2D eigenvalue weighted by atomic mass is 9.84. The zero-order chi connectivity index (χ0) is 20.4. The van der Waals surface area contributed by atoms with E-state index in [1.165, 1.54) is 19.3 Å². The maximum absolute atomic E-state index is 11.2. The molecule has 1 aromatic rings. The highest BCUT2D eigenvalue weighted by Gasteiger charge is 2.47. The minimum absolute atomic E-state index is 0.0190. The number of carboxylic acids is 1. The monoisotopic (exact) mass is 398 g/mol. The predicted octanol–water partition coefficient (Wildman–Crippen LogP) is 4.01. The first kappa shape index (κ1) is 20.2. The Morgan fingerprint density at radius 3 is 2.76 bits per heavy atom. The molecule has 5 atom stereocenters. The summed E-state index contributed by atoms with van der Waals surface area (Å²) >= 11 is 0. The average molecular weight is 398 g/mol. The Kier molecular flexibility index (Phi) is 6.07. The fraction of sp³-hybridized carbons (Fsp3) is 0.542. The SMILES string of the molecule is O=C(O)c1cccc(/C=C2/C[C@@H]3[C@@H](C=C[C@@H](O)C4CCCCC4)[C@H](O)C[C@@H]3O2)c1. The van der Waals surface area contributed by atoms with Crippen molar-refractivity contribution in [3.63, 3.8) is 0 Å². The third-order valence-electron chi connectivity index (χ3n) is 6.75. The van der Waals surface area contributed by atoms with Crippen LogP contribution in [0.3, 0.4) is 0 Å². The number of hydrogen-bond donors (Lipinski definition) is 3. The molecule has 1 saturated heterocycles. The van der Waals surface area contributed by atoms with Crippen LogP contribution in [0.5, 0.6) is 0 Å². The predicted molar refractivity (Wildman–Crippen MR) is 110 cm³/mol. The Morgan fingerprint density at radius 2 is 2.00 bits per heavy atom. The average Bonchev–Trinajstić information content (AvgIpc) is 3.23. The maximum atomic E-state index is 11.2. The summed E-state index contributed by atoms with van der Waals surface area (Å²) in [5.41, 5.74) is 1.06. The Morgan fingerprint density at radius 1 is 1.21 bits per heavy atom. The molecule has 0 aromatic heterocycles. The summed E-state index contributed by atoms with van der Waals surface area (Å²) in [5.74, 6) is 0.398. The zero-order valence-corrected chi connectivity index (χ0v) is 16.6. The van der Waals surface area contributed by atoms with Crippen LogP contribution >= 0.6 is 0 Å². The number of aromatic carboxylic acids is 1. The fourth-order valence-corrected chi connectivity index (χ4v) is 5.17. The van der Waals surface area contributed by atoms with Crippen molar-refractivity contribution in [1.82, 2.24) is 0 Å². The van der Waals surface area contributed by atoms with Crippen LogP contribution in [-0.2, 0) is 4.74 Å². The van der Waals surface area contributed by atoms with Gasteiger partial charge in [-0.25, -0.2) is 4.79 Å². The molecule has 1 aliphatic heterocycles. The molecular formula is C24H30O5. The van der Waals surface area contributed by atoms with Gasteiger partial charge >= 0.3 is 5.97 Å². The molecule has 3 fully saturated rings.